The third-order valence-electron chi connectivity index (χ3n) is 2.92. The molecule has 23 heavy (non-hydrogen) atoms. The van der Waals surface area contributed by atoms with Crippen molar-refractivity contribution in [2.75, 3.05) is 7.11 Å². The smallest absolute Gasteiger partial charge is 0.339 e. The Hall–Kier alpha value is -1.76. The standard InChI is InChI=1S/C15H12Cl2O5S/c1-9-3-5-11(6-4-9)23(19,20)22-14-12(16)7-10(8-13(14)17)15(18)21-2/h3-8H,1-2H3. The Balaban J connectivity index is 2.40. The Morgan fingerprint density at radius 2 is 1.57 bits per heavy atom. The number of carbonyl (C=O) groups excluding carboxylic acids is 1. The molecule has 0 fully saturated rings. The molecular weight excluding hydrogens is 363 g/mol. The maximum absolute atomic E-state index is 12.3. The minimum Gasteiger partial charge on any atom is -0.465 e. The number of rotatable bonds is 4. The van der Waals surface area contributed by atoms with Gasteiger partial charge >= 0.3 is 16.1 Å². The Kier molecular flexibility index (Phi) is 5.19. The Morgan fingerprint density at radius 3 is 2.04 bits per heavy atom. The molecule has 0 unspecified atom stereocenters. The van der Waals surface area contributed by atoms with Crippen LogP contribution in [0.15, 0.2) is 41.3 Å². The molecule has 2 aromatic rings. The minimum absolute atomic E-state index is 0.0349. The van der Waals surface area contributed by atoms with Crippen LogP contribution in [-0.4, -0.2) is 21.5 Å². The molecule has 122 valence electrons. The number of carbonyl (C=O) groups is 1. The predicted molar refractivity (Wildman–Crippen MR) is 86.8 cm³/mol. The first-order chi connectivity index (χ1) is 10.7. The van der Waals surface area contributed by atoms with Crippen molar-refractivity contribution in [3.8, 4) is 5.75 Å². The summed E-state index contributed by atoms with van der Waals surface area (Å²) in [7, 11) is -2.89. The summed E-state index contributed by atoms with van der Waals surface area (Å²) in [6, 6.07) is 8.54. The molecule has 0 radical (unpaired) electrons. The van der Waals surface area contributed by atoms with Crippen molar-refractivity contribution in [2.24, 2.45) is 0 Å². The molecule has 2 aromatic carbocycles. The molecule has 0 spiro atoms. The number of ether oxygens (including phenoxy) is 1. The zero-order valence-electron chi connectivity index (χ0n) is 12.2. The van der Waals surface area contributed by atoms with Gasteiger partial charge in [-0.2, -0.15) is 8.42 Å². The second-order valence-corrected chi connectivity index (χ2v) is 6.97. The number of hydrogen-bond acceptors (Lipinski definition) is 5. The second kappa shape index (κ2) is 6.78. The molecule has 0 atom stereocenters. The van der Waals surface area contributed by atoms with Gasteiger partial charge in [-0.15, -0.1) is 0 Å². The van der Waals surface area contributed by atoms with E-state index in [1.54, 1.807) is 12.1 Å². The first-order valence-electron chi connectivity index (χ1n) is 6.33. The van der Waals surface area contributed by atoms with E-state index < -0.39 is 16.1 Å². The van der Waals surface area contributed by atoms with E-state index >= 15 is 0 Å². The van der Waals surface area contributed by atoms with Crippen LogP contribution < -0.4 is 4.18 Å². The fraction of sp³-hybridized carbons (Fsp3) is 0.133. The summed E-state index contributed by atoms with van der Waals surface area (Å²) >= 11 is 11.9. The first kappa shape index (κ1) is 17.6. The van der Waals surface area contributed by atoms with E-state index in [0.717, 1.165) is 5.56 Å². The maximum Gasteiger partial charge on any atom is 0.339 e. The van der Waals surface area contributed by atoms with Crippen LogP contribution in [0.3, 0.4) is 0 Å². The van der Waals surface area contributed by atoms with E-state index in [-0.39, 0.29) is 26.3 Å². The van der Waals surface area contributed by atoms with Gasteiger partial charge in [0.25, 0.3) is 0 Å². The molecule has 0 aromatic heterocycles. The molecule has 0 aliphatic carbocycles. The van der Waals surface area contributed by atoms with Gasteiger partial charge in [0.15, 0.2) is 5.75 Å². The van der Waals surface area contributed by atoms with Gasteiger partial charge in [-0.25, -0.2) is 4.79 Å². The number of esters is 1. The highest BCUT2D eigenvalue weighted by atomic mass is 35.5. The van der Waals surface area contributed by atoms with Crippen LogP contribution in [0.2, 0.25) is 10.0 Å². The highest BCUT2D eigenvalue weighted by molar-refractivity contribution is 7.87. The summed E-state index contributed by atoms with van der Waals surface area (Å²) in [5, 5.41) is -0.234. The summed E-state index contributed by atoms with van der Waals surface area (Å²) in [6.07, 6.45) is 0. The van der Waals surface area contributed by atoms with E-state index in [1.807, 2.05) is 6.92 Å². The van der Waals surface area contributed by atoms with Gasteiger partial charge in [-0.3, -0.25) is 0 Å². The Bertz CT molecular complexity index is 822. The maximum atomic E-state index is 12.3. The van der Waals surface area contributed by atoms with Crippen molar-refractivity contribution in [3.63, 3.8) is 0 Å². The van der Waals surface area contributed by atoms with Crippen molar-refractivity contribution in [3.05, 3.63) is 57.6 Å². The number of aryl methyl sites for hydroxylation is 1. The van der Waals surface area contributed by atoms with Gasteiger partial charge in [0, 0.05) is 0 Å². The summed E-state index contributed by atoms with van der Waals surface area (Å²) in [5.74, 6) is -0.900. The van der Waals surface area contributed by atoms with Crippen LogP contribution in [0.1, 0.15) is 15.9 Å². The average molecular weight is 375 g/mol. The van der Waals surface area contributed by atoms with Crippen LogP contribution in [0.5, 0.6) is 5.75 Å². The lowest BCUT2D eigenvalue weighted by Gasteiger charge is -2.11. The summed E-state index contributed by atoms with van der Waals surface area (Å²) in [4.78, 5) is 11.4. The van der Waals surface area contributed by atoms with Crippen molar-refractivity contribution in [1.29, 1.82) is 0 Å². The van der Waals surface area contributed by atoms with Crippen LogP contribution in [0, 0.1) is 6.92 Å². The zero-order chi connectivity index (χ0) is 17.2. The highest BCUT2D eigenvalue weighted by Crippen LogP contribution is 2.36. The van der Waals surface area contributed by atoms with Gasteiger partial charge in [0.2, 0.25) is 0 Å². The third kappa shape index (κ3) is 3.96. The molecule has 0 bridgehead atoms. The average Bonchev–Trinajstić information content (AvgIpc) is 2.50. The Labute approximate surface area is 143 Å². The molecule has 0 saturated carbocycles. The highest BCUT2D eigenvalue weighted by Gasteiger charge is 2.22. The van der Waals surface area contributed by atoms with E-state index in [1.165, 1.54) is 31.4 Å². The predicted octanol–water partition coefficient (Wildman–Crippen LogP) is 3.86. The SMILES string of the molecule is COC(=O)c1cc(Cl)c(OS(=O)(=O)c2ccc(C)cc2)c(Cl)c1. The number of methoxy groups -OCH3 is 1. The number of halogens is 2. The van der Waals surface area contributed by atoms with Crippen LogP contribution >= 0.6 is 23.2 Å². The zero-order valence-corrected chi connectivity index (χ0v) is 14.5. The van der Waals surface area contributed by atoms with E-state index in [9.17, 15) is 13.2 Å². The van der Waals surface area contributed by atoms with Crippen LogP contribution in [0.4, 0.5) is 0 Å². The fourth-order valence-electron chi connectivity index (χ4n) is 1.74. The molecule has 8 heteroatoms. The van der Waals surface area contributed by atoms with Crippen molar-refractivity contribution in [2.45, 2.75) is 11.8 Å². The molecule has 0 saturated heterocycles. The van der Waals surface area contributed by atoms with Crippen molar-refractivity contribution < 1.29 is 22.1 Å². The summed E-state index contributed by atoms with van der Waals surface area (Å²) in [5.41, 5.74) is 0.991. The molecule has 0 heterocycles. The summed E-state index contributed by atoms with van der Waals surface area (Å²) in [6.45, 7) is 1.83. The second-order valence-electron chi connectivity index (χ2n) is 4.61. The molecule has 2 rings (SSSR count). The van der Waals surface area contributed by atoms with E-state index in [4.69, 9.17) is 27.4 Å². The fourth-order valence-corrected chi connectivity index (χ4v) is 3.36. The largest absolute Gasteiger partial charge is 0.465 e. The number of benzene rings is 2. The lowest BCUT2D eigenvalue weighted by molar-refractivity contribution is 0.0600. The van der Waals surface area contributed by atoms with Crippen molar-refractivity contribution >= 4 is 39.3 Å². The summed E-state index contributed by atoms with van der Waals surface area (Å²) < 4.78 is 34.1. The monoisotopic (exact) mass is 374 g/mol. The molecular formula is C15H12Cl2O5S. The van der Waals surface area contributed by atoms with E-state index in [0.29, 0.717) is 0 Å². The number of hydrogen-bond donors (Lipinski definition) is 0. The molecule has 0 amide bonds. The van der Waals surface area contributed by atoms with Gasteiger partial charge in [-0.05, 0) is 31.2 Å². The van der Waals surface area contributed by atoms with Crippen LogP contribution in [0.25, 0.3) is 0 Å². The molecule has 0 N–H and O–H groups in total. The lowest BCUT2D eigenvalue weighted by atomic mass is 10.2. The normalized spacial score (nSPS) is 11.1. The molecule has 0 aliphatic heterocycles. The van der Waals surface area contributed by atoms with Gasteiger partial charge in [-0.1, -0.05) is 40.9 Å². The first-order valence-corrected chi connectivity index (χ1v) is 8.49. The van der Waals surface area contributed by atoms with Crippen LogP contribution in [-0.2, 0) is 14.9 Å². The topological polar surface area (TPSA) is 69.7 Å². The molecule has 5 nitrogen and oxygen atoms in total. The molecule has 0 aliphatic rings. The Morgan fingerprint density at radius 1 is 1.04 bits per heavy atom. The minimum atomic E-state index is -4.10. The van der Waals surface area contributed by atoms with Gasteiger partial charge in [0.05, 0.1) is 22.7 Å². The van der Waals surface area contributed by atoms with E-state index in [2.05, 4.69) is 4.74 Å². The third-order valence-corrected chi connectivity index (χ3v) is 4.72. The van der Waals surface area contributed by atoms with Crippen molar-refractivity contribution in [1.82, 2.24) is 0 Å². The lowest BCUT2D eigenvalue weighted by Crippen LogP contribution is -2.11. The van der Waals surface area contributed by atoms with Gasteiger partial charge in [0.1, 0.15) is 4.90 Å². The van der Waals surface area contributed by atoms with Gasteiger partial charge < -0.3 is 8.92 Å². The quantitative estimate of drug-likeness (QED) is 0.600.